The zero-order valence-electron chi connectivity index (χ0n) is 14.2. The summed E-state index contributed by atoms with van der Waals surface area (Å²) >= 11 is 6.07. The lowest BCUT2D eigenvalue weighted by atomic mass is 9.99. The van der Waals surface area contributed by atoms with Crippen LogP contribution in [0.4, 0.5) is 0 Å². The zero-order valence-corrected chi connectivity index (χ0v) is 16.6. The lowest BCUT2D eigenvalue weighted by Crippen LogP contribution is -2.39. The molecule has 1 saturated heterocycles. The van der Waals surface area contributed by atoms with E-state index >= 15 is 0 Å². The fraction of sp³-hybridized carbons (Fsp3) is 0.333. The molecule has 1 fully saturated rings. The summed E-state index contributed by atoms with van der Waals surface area (Å²) in [6.07, 6.45) is 1.62. The van der Waals surface area contributed by atoms with Gasteiger partial charge in [0.2, 0.25) is 10.0 Å². The summed E-state index contributed by atoms with van der Waals surface area (Å²) in [5, 5.41) is 0.502. The summed E-state index contributed by atoms with van der Waals surface area (Å²) in [6.45, 7) is 1.64. The highest BCUT2D eigenvalue weighted by atomic mass is 35.5. The van der Waals surface area contributed by atoms with Gasteiger partial charge in [-0.1, -0.05) is 23.7 Å². The van der Waals surface area contributed by atoms with Crippen molar-refractivity contribution in [1.82, 2.24) is 4.31 Å². The first-order valence-electron chi connectivity index (χ1n) is 8.23. The molecule has 1 heterocycles. The summed E-state index contributed by atoms with van der Waals surface area (Å²) in [4.78, 5) is 0.269. The molecule has 2 aromatic carbocycles. The van der Waals surface area contributed by atoms with Crippen molar-refractivity contribution in [2.45, 2.75) is 17.7 Å². The summed E-state index contributed by atoms with van der Waals surface area (Å²) in [7, 11) is -3.48. The molecule has 0 unspecified atom stereocenters. The Bertz CT molecular complexity index is 821. The smallest absolute Gasteiger partial charge is 0.243 e. The van der Waals surface area contributed by atoms with Gasteiger partial charge in [-0.3, -0.25) is 0 Å². The molecule has 0 amide bonds. The van der Waals surface area contributed by atoms with Crippen molar-refractivity contribution in [2.24, 2.45) is 11.7 Å². The van der Waals surface area contributed by atoms with Gasteiger partial charge in [0.1, 0.15) is 11.5 Å². The number of halogens is 2. The topological polar surface area (TPSA) is 72.6 Å². The number of nitrogens with zero attached hydrogens (tertiary/aromatic N) is 1. The minimum absolute atomic E-state index is 0. The molecule has 142 valence electrons. The Morgan fingerprint density at radius 2 is 1.69 bits per heavy atom. The van der Waals surface area contributed by atoms with E-state index in [-0.39, 0.29) is 17.3 Å². The molecule has 0 aliphatic carbocycles. The molecule has 2 aromatic rings. The van der Waals surface area contributed by atoms with Gasteiger partial charge in [-0.25, -0.2) is 8.42 Å². The number of para-hydroxylation sites is 1. The fourth-order valence-electron chi connectivity index (χ4n) is 2.87. The predicted molar refractivity (Wildman–Crippen MR) is 106 cm³/mol. The van der Waals surface area contributed by atoms with Crippen molar-refractivity contribution in [3.63, 3.8) is 0 Å². The first-order valence-corrected chi connectivity index (χ1v) is 10.0. The van der Waals surface area contributed by atoms with E-state index in [4.69, 9.17) is 22.1 Å². The Kier molecular flexibility index (Phi) is 7.32. The fourth-order valence-corrected chi connectivity index (χ4v) is 4.51. The molecular weight excluding hydrogens is 395 g/mol. The highest BCUT2D eigenvalue weighted by molar-refractivity contribution is 7.89. The van der Waals surface area contributed by atoms with Crippen LogP contribution in [0.1, 0.15) is 12.8 Å². The van der Waals surface area contributed by atoms with Crippen LogP contribution >= 0.6 is 24.0 Å². The Morgan fingerprint density at radius 3 is 2.27 bits per heavy atom. The van der Waals surface area contributed by atoms with Crippen molar-refractivity contribution in [2.75, 3.05) is 19.6 Å². The minimum Gasteiger partial charge on any atom is -0.456 e. The first-order chi connectivity index (χ1) is 12.0. The molecule has 2 N–H and O–H groups in total. The van der Waals surface area contributed by atoms with Crippen LogP contribution in [0.2, 0.25) is 5.02 Å². The maximum Gasteiger partial charge on any atom is 0.243 e. The molecule has 0 spiro atoms. The molecule has 8 heteroatoms. The van der Waals surface area contributed by atoms with Gasteiger partial charge in [-0.2, -0.15) is 4.31 Å². The molecule has 3 rings (SSSR count). The van der Waals surface area contributed by atoms with E-state index in [9.17, 15) is 8.42 Å². The Hall–Kier alpha value is -1.31. The van der Waals surface area contributed by atoms with E-state index in [1.54, 1.807) is 36.4 Å². The Balaban J connectivity index is 0.00000243. The third-order valence-corrected chi connectivity index (χ3v) is 6.66. The van der Waals surface area contributed by atoms with Crippen molar-refractivity contribution in [1.29, 1.82) is 0 Å². The molecule has 0 radical (unpaired) electrons. The van der Waals surface area contributed by atoms with Gasteiger partial charge in [0, 0.05) is 13.1 Å². The van der Waals surface area contributed by atoms with E-state index in [1.807, 2.05) is 12.1 Å². The van der Waals surface area contributed by atoms with E-state index in [2.05, 4.69) is 0 Å². The first kappa shape index (κ1) is 21.0. The number of rotatable bonds is 5. The molecule has 0 aromatic heterocycles. The average Bonchev–Trinajstić information content (AvgIpc) is 2.64. The highest BCUT2D eigenvalue weighted by Crippen LogP contribution is 2.30. The van der Waals surface area contributed by atoms with Crippen molar-refractivity contribution >= 4 is 34.0 Å². The Labute approximate surface area is 165 Å². The minimum atomic E-state index is -3.48. The maximum absolute atomic E-state index is 12.7. The number of hydrogen-bond acceptors (Lipinski definition) is 4. The van der Waals surface area contributed by atoms with Gasteiger partial charge >= 0.3 is 0 Å². The highest BCUT2D eigenvalue weighted by Gasteiger charge is 2.28. The summed E-state index contributed by atoms with van der Waals surface area (Å²) in [5.41, 5.74) is 5.67. The van der Waals surface area contributed by atoms with Crippen LogP contribution in [-0.2, 0) is 10.0 Å². The van der Waals surface area contributed by atoms with Crippen LogP contribution in [0.5, 0.6) is 11.5 Å². The third kappa shape index (κ3) is 4.69. The molecule has 0 bridgehead atoms. The van der Waals surface area contributed by atoms with Crippen molar-refractivity contribution in [3.8, 4) is 11.5 Å². The van der Waals surface area contributed by atoms with E-state index in [1.165, 1.54) is 4.31 Å². The standard InChI is InChI=1S/C18H21ClN2O3S.ClH/c19-17-3-1-2-4-18(17)24-15-5-7-16(8-6-15)25(22,23)21-11-9-14(13-20)10-12-21;/h1-8,14H,9-13,20H2;1H. The molecular formula is C18H22Cl2N2O3S. The second kappa shape index (κ2) is 9.06. The molecule has 0 saturated carbocycles. The van der Waals surface area contributed by atoms with Gasteiger partial charge in [0.25, 0.3) is 0 Å². The summed E-state index contributed by atoms with van der Waals surface area (Å²) < 4.78 is 32.7. The number of sulfonamides is 1. The lowest BCUT2D eigenvalue weighted by molar-refractivity contribution is 0.278. The number of nitrogens with two attached hydrogens (primary N) is 1. The largest absolute Gasteiger partial charge is 0.456 e. The van der Waals surface area contributed by atoms with Crippen LogP contribution in [0, 0.1) is 5.92 Å². The zero-order chi connectivity index (χ0) is 17.9. The summed E-state index contributed by atoms with van der Waals surface area (Å²) in [6, 6.07) is 13.6. The monoisotopic (exact) mass is 416 g/mol. The van der Waals surface area contributed by atoms with E-state index in [0.29, 0.717) is 42.1 Å². The van der Waals surface area contributed by atoms with E-state index in [0.717, 1.165) is 12.8 Å². The Morgan fingerprint density at radius 1 is 1.08 bits per heavy atom. The normalized spacial score (nSPS) is 16.1. The number of piperidine rings is 1. The molecule has 26 heavy (non-hydrogen) atoms. The molecule has 1 aliphatic rings. The van der Waals surface area contributed by atoms with Crippen LogP contribution in [0.15, 0.2) is 53.4 Å². The van der Waals surface area contributed by atoms with E-state index < -0.39 is 10.0 Å². The lowest BCUT2D eigenvalue weighted by Gasteiger charge is -2.30. The van der Waals surface area contributed by atoms with Gasteiger partial charge in [0.15, 0.2) is 0 Å². The van der Waals surface area contributed by atoms with Gasteiger partial charge < -0.3 is 10.5 Å². The maximum atomic E-state index is 12.7. The quantitative estimate of drug-likeness (QED) is 0.801. The SMILES string of the molecule is Cl.NCC1CCN(S(=O)(=O)c2ccc(Oc3ccccc3Cl)cc2)CC1. The summed E-state index contributed by atoms with van der Waals surface area (Å²) in [5.74, 6) is 1.48. The second-order valence-corrected chi connectivity index (χ2v) is 8.43. The van der Waals surface area contributed by atoms with Crippen LogP contribution in [-0.4, -0.2) is 32.4 Å². The number of ether oxygens (including phenoxy) is 1. The van der Waals surface area contributed by atoms with Gasteiger partial charge in [-0.05, 0) is 61.7 Å². The average molecular weight is 417 g/mol. The van der Waals surface area contributed by atoms with Crippen LogP contribution < -0.4 is 10.5 Å². The molecule has 0 atom stereocenters. The number of benzene rings is 2. The van der Waals surface area contributed by atoms with Crippen molar-refractivity contribution < 1.29 is 13.2 Å². The predicted octanol–water partition coefficient (Wildman–Crippen LogP) is 3.91. The van der Waals surface area contributed by atoms with Gasteiger partial charge in [-0.15, -0.1) is 12.4 Å². The molecule has 1 aliphatic heterocycles. The van der Waals surface area contributed by atoms with Crippen LogP contribution in [0.3, 0.4) is 0 Å². The number of hydrogen-bond donors (Lipinski definition) is 1. The second-order valence-electron chi connectivity index (χ2n) is 6.09. The molecule has 5 nitrogen and oxygen atoms in total. The van der Waals surface area contributed by atoms with Crippen LogP contribution in [0.25, 0.3) is 0 Å². The third-order valence-electron chi connectivity index (χ3n) is 4.43. The van der Waals surface area contributed by atoms with Gasteiger partial charge in [0.05, 0.1) is 9.92 Å². The van der Waals surface area contributed by atoms with Crippen molar-refractivity contribution in [3.05, 3.63) is 53.6 Å².